The molecule has 0 rings (SSSR count). The monoisotopic (exact) mass is 336 g/mol. The first-order valence-corrected chi connectivity index (χ1v) is 8.06. The van der Waals surface area contributed by atoms with E-state index in [9.17, 15) is 0 Å². The molecule has 7 heteroatoms. The number of hydrogen-bond acceptors (Lipinski definition) is 7. The second kappa shape index (κ2) is 20.7. The zero-order valence-electron chi connectivity index (χ0n) is 13.2. The van der Waals surface area contributed by atoms with Gasteiger partial charge in [-0.05, 0) is 0 Å². The van der Waals surface area contributed by atoms with Crippen molar-refractivity contribution in [3.05, 3.63) is 0 Å². The highest BCUT2D eigenvalue weighted by atomic mass is 32.1. The van der Waals surface area contributed by atoms with E-state index < -0.39 is 0 Å². The summed E-state index contributed by atoms with van der Waals surface area (Å²) in [4.78, 5) is 0. The lowest BCUT2D eigenvalue weighted by Crippen LogP contribution is -2.14. The molecule has 0 atom stereocenters. The molecule has 0 bridgehead atoms. The minimum atomic E-state index is 0.323. The molecule has 22 heavy (non-hydrogen) atoms. The minimum absolute atomic E-state index is 0.323. The summed E-state index contributed by atoms with van der Waals surface area (Å²) in [5, 5.41) is 0. The van der Waals surface area contributed by atoms with Crippen molar-refractivity contribution in [3.63, 3.8) is 0 Å². The molecule has 0 aromatic carbocycles. The quantitative estimate of drug-likeness (QED) is 0.225. The number of rotatable bonds is 18. The van der Waals surface area contributed by atoms with Gasteiger partial charge in [0, 0.05) is 5.75 Å². The third kappa shape index (κ3) is 19.7. The van der Waals surface area contributed by atoms with E-state index in [4.69, 9.17) is 34.8 Å². The lowest BCUT2D eigenvalue weighted by Gasteiger charge is -2.07. The molecule has 0 aliphatic rings. The fourth-order valence-electron chi connectivity index (χ4n) is 1.30. The normalized spacial score (nSPS) is 10.7. The maximum absolute atomic E-state index is 5.35. The Bertz CT molecular complexity index is 247. The van der Waals surface area contributed by atoms with Gasteiger partial charge in [0.25, 0.3) is 0 Å². The van der Waals surface area contributed by atoms with Gasteiger partial charge in [-0.1, -0.05) is 5.92 Å². The molecule has 0 aromatic rings. The molecule has 0 aromatic heterocycles. The maximum atomic E-state index is 5.35. The predicted molar refractivity (Wildman–Crippen MR) is 87.6 cm³/mol. The molecule has 0 saturated heterocycles. The van der Waals surface area contributed by atoms with Crippen molar-refractivity contribution < 1.29 is 28.4 Å². The molecule has 0 spiro atoms. The van der Waals surface area contributed by atoms with Crippen LogP contribution in [0.3, 0.4) is 0 Å². The molecule has 0 aliphatic carbocycles. The van der Waals surface area contributed by atoms with Crippen LogP contribution in [0.5, 0.6) is 0 Å². The maximum Gasteiger partial charge on any atom is 0.107 e. The van der Waals surface area contributed by atoms with Crippen LogP contribution in [-0.4, -0.2) is 85.0 Å². The van der Waals surface area contributed by atoms with Crippen LogP contribution in [0, 0.1) is 12.3 Å². The second-order valence-electron chi connectivity index (χ2n) is 4.04. The minimum Gasteiger partial charge on any atom is -0.378 e. The Morgan fingerprint density at radius 1 is 0.545 bits per heavy atom. The Morgan fingerprint density at radius 3 is 1.18 bits per heavy atom. The van der Waals surface area contributed by atoms with Crippen molar-refractivity contribution in [3.8, 4) is 12.3 Å². The topological polar surface area (TPSA) is 55.4 Å². The molecule has 0 saturated carbocycles. The fourth-order valence-corrected chi connectivity index (χ4v) is 1.42. The average Bonchev–Trinajstić information content (AvgIpc) is 2.54. The van der Waals surface area contributed by atoms with Crippen molar-refractivity contribution in [1.29, 1.82) is 0 Å². The van der Waals surface area contributed by atoms with Gasteiger partial charge in [-0.2, -0.15) is 12.6 Å². The SMILES string of the molecule is C#CCOCCOCCOCCOCCOCCOCCS. The lowest BCUT2D eigenvalue weighted by atomic mass is 10.7. The number of thiol groups is 1. The Hall–Kier alpha value is -0.330. The molecule has 130 valence electrons. The van der Waals surface area contributed by atoms with Crippen molar-refractivity contribution in [2.24, 2.45) is 0 Å². The summed E-state index contributed by atoms with van der Waals surface area (Å²) >= 11 is 4.04. The molecule has 0 radical (unpaired) electrons. The van der Waals surface area contributed by atoms with Gasteiger partial charge in [0.05, 0.1) is 72.7 Å². The highest BCUT2D eigenvalue weighted by molar-refractivity contribution is 7.80. The third-order valence-electron chi connectivity index (χ3n) is 2.28. The van der Waals surface area contributed by atoms with Crippen LogP contribution >= 0.6 is 12.6 Å². The second-order valence-corrected chi connectivity index (χ2v) is 4.49. The largest absolute Gasteiger partial charge is 0.378 e. The summed E-state index contributed by atoms with van der Waals surface area (Å²) < 4.78 is 31.6. The van der Waals surface area contributed by atoms with Gasteiger partial charge in [0.15, 0.2) is 0 Å². The predicted octanol–water partition coefficient (Wildman–Crippen LogP) is 0.649. The number of terminal acetylenes is 1. The van der Waals surface area contributed by atoms with Gasteiger partial charge in [-0.15, -0.1) is 6.42 Å². The summed E-state index contributed by atoms with van der Waals surface area (Å²) in [5.74, 6) is 3.12. The van der Waals surface area contributed by atoms with Crippen molar-refractivity contribution in [2.75, 3.05) is 85.0 Å². The zero-order valence-corrected chi connectivity index (χ0v) is 14.1. The first-order chi connectivity index (χ1) is 10.9. The highest BCUT2D eigenvalue weighted by Gasteiger charge is 1.93. The molecule has 0 amide bonds. The molecule has 6 nitrogen and oxygen atoms in total. The Labute approximate surface area is 139 Å². The Kier molecular flexibility index (Phi) is 20.4. The average molecular weight is 336 g/mol. The summed E-state index contributed by atoms with van der Waals surface area (Å²) in [6, 6.07) is 0. The number of ether oxygens (including phenoxy) is 6. The van der Waals surface area contributed by atoms with E-state index in [0.29, 0.717) is 79.3 Å². The summed E-state index contributed by atoms with van der Waals surface area (Å²) in [6.07, 6.45) is 5.04. The van der Waals surface area contributed by atoms with Crippen LogP contribution < -0.4 is 0 Å². The Balaban J connectivity index is 2.93. The summed E-state index contributed by atoms with van der Waals surface area (Å²) in [5.41, 5.74) is 0. The fraction of sp³-hybridized carbons (Fsp3) is 0.867. The van der Waals surface area contributed by atoms with Crippen LogP contribution in [0.1, 0.15) is 0 Å². The van der Waals surface area contributed by atoms with Crippen LogP contribution in [0.2, 0.25) is 0 Å². The van der Waals surface area contributed by atoms with Crippen molar-refractivity contribution in [1.82, 2.24) is 0 Å². The smallest absolute Gasteiger partial charge is 0.107 e. The molecular weight excluding hydrogens is 308 g/mol. The van der Waals surface area contributed by atoms with E-state index in [0.717, 1.165) is 5.75 Å². The van der Waals surface area contributed by atoms with Crippen LogP contribution in [-0.2, 0) is 28.4 Å². The highest BCUT2D eigenvalue weighted by Crippen LogP contribution is 1.84. The molecule has 0 unspecified atom stereocenters. The van der Waals surface area contributed by atoms with E-state index in [1.165, 1.54) is 0 Å². The molecule has 0 fully saturated rings. The molecule has 0 aliphatic heterocycles. The van der Waals surface area contributed by atoms with Gasteiger partial charge >= 0.3 is 0 Å². The molecule has 0 heterocycles. The van der Waals surface area contributed by atoms with Crippen LogP contribution in [0.15, 0.2) is 0 Å². The van der Waals surface area contributed by atoms with E-state index in [-0.39, 0.29) is 0 Å². The molecular formula is C15H28O6S. The Morgan fingerprint density at radius 2 is 0.864 bits per heavy atom. The van der Waals surface area contributed by atoms with E-state index >= 15 is 0 Å². The van der Waals surface area contributed by atoms with Gasteiger partial charge < -0.3 is 28.4 Å². The van der Waals surface area contributed by atoms with Crippen molar-refractivity contribution >= 4 is 12.6 Å². The van der Waals surface area contributed by atoms with Crippen molar-refractivity contribution in [2.45, 2.75) is 0 Å². The third-order valence-corrected chi connectivity index (χ3v) is 2.46. The van der Waals surface area contributed by atoms with E-state index in [2.05, 4.69) is 18.5 Å². The van der Waals surface area contributed by atoms with Gasteiger partial charge in [-0.25, -0.2) is 0 Å². The van der Waals surface area contributed by atoms with E-state index in [1.54, 1.807) is 0 Å². The van der Waals surface area contributed by atoms with Crippen LogP contribution in [0.4, 0.5) is 0 Å². The lowest BCUT2D eigenvalue weighted by molar-refractivity contribution is -0.0148. The zero-order chi connectivity index (χ0) is 16.1. The van der Waals surface area contributed by atoms with E-state index in [1.807, 2.05) is 0 Å². The summed E-state index contributed by atoms with van der Waals surface area (Å²) in [7, 11) is 0. The summed E-state index contributed by atoms with van der Waals surface area (Å²) in [6.45, 7) is 6.46. The molecule has 0 N–H and O–H groups in total. The van der Waals surface area contributed by atoms with Crippen LogP contribution in [0.25, 0.3) is 0 Å². The van der Waals surface area contributed by atoms with Gasteiger partial charge in [-0.3, -0.25) is 0 Å². The van der Waals surface area contributed by atoms with Gasteiger partial charge in [0.1, 0.15) is 6.61 Å². The standard InChI is InChI=1S/C15H28O6S/c1-2-3-16-4-5-17-6-7-18-8-9-19-10-11-20-12-13-21-14-15-22/h1,22H,3-15H2. The first-order valence-electron chi connectivity index (χ1n) is 7.42. The van der Waals surface area contributed by atoms with Gasteiger partial charge in [0.2, 0.25) is 0 Å². The number of hydrogen-bond donors (Lipinski definition) is 1. The first kappa shape index (κ1) is 21.7.